The number of nitrogens with zero attached hydrogens (tertiary/aromatic N) is 1. The minimum Gasteiger partial charge on any atom is -0.479 e. The molecule has 1 saturated heterocycles. The highest BCUT2D eigenvalue weighted by atomic mass is 16.4. The quantitative estimate of drug-likeness (QED) is 0.539. The second-order valence-corrected chi connectivity index (χ2v) is 6.28. The Morgan fingerprint density at radius 3 is 2.57 bits per heavy atom. The van der Waals surface area contributed by atoms with Crippen LogP contribution in [0.2, 0.25) is 0 Å². The molecule has 5 nitrogen and oxygen atoms in total. The van der Waals surface area contributed by atoms with Crippen molar-refractivity contribution in [3.8, 4) is 0 Å². The predicted octanol–water partition coefficient (Wildman–Crippen LogP) is 2.05. The standard InChI is InChI=1S/C18H26N2O3/c1-14-16(21)20(13-7-10-15-8-3-2-4-9-15)18(14,17(22)23)11-5-6-12-19/h2-4,8-9,14H,5-7,10-13,19H2,1H3,(H,22,23)/t14-,18+/m1/s1. The number of hydrogen-bond donors (Lipinski definition) is 2. The molecule has 1 heterocycles. The van der Waals surface area contributed by atoms with Gasteiger partial charge >= 0.3 is 5.97 Å². The minimum atomic E-state index is -1.04. The summed E-state index contributed by atoms with van der Waals surface area (Å²) in [5.41, 5.74) is 5.67. The zero-order valence-corrected chi connectivity index (χ0v) is 13.7. The monoisotopic (exact) mass is 318 g/mol. The predicted molar refractivity (Wildman–Crippen MR) is 88.9 cm³/mol. The summed E-state index contributed by atoms with van der Waals surface area (Å²) in [5.74, 6) is -1.39. The number of carbonyl (C=O) groups excluding carboxylic acids is 1. The van der Waals surface area contributed by atoms with Gasteiger partial charge in [-0.1, -0.05) is 37.3 Å². The number of rotatable bonds is 9. The van der Waals surface area contributed by atoms with Crippen molar-refractivity contribution in [1.82, 2.24) is 4.90 Å². The molecule has 1 fully saturated rings. The molecular weight excluding hydrogens is 292 g/mol. The van der Waals surface area contributed by atoms with E-state index in [4.69, 9.17) is 5.73 Å². The van der Waals surface area contributed by atoms with Crippen LogP contribution in [0.3, 0.4) is 0 Å². The van der Waals surface area contributed by atoms with Crippen molar-refractivity contribution >= 4 is 11.9 Å². The van der Waals surface area contributed by atoms with Crippen LogP contribution in [0.15, 0.2) is 30.3 Å². The van der Waals surface area contributed by atoms with Gasteiger partial charge in [-0.3, -0.25) is 4.79 Å². The van der Waals surface area contributed by atoms with E-state index in [1.807, 2.05) is 30.3 Å². The molecule has 1 aromatic rings. The minimum absolute atomic E-state index is 0.0480. The number of nitrogens with two attached hydrogens (primary N) is 1. The normalized spacial score (nSPS) is 23.7. The summed E-state index contributed by atoms with van der Waals surface area (Å²) in [5, 5.41) is 9.73. The summed E-state index contributed by atoms with van der Waals surface area (Å²) in [6.45, 7) is 2.77. The van der Waals surface area contributed by atoms with Crippen molar-refractivity contribution < 1.29 is 14.7 Å². The topological polar surface area (TPSA) is 83.6 Å². The van der Waals surface area contributed by atoms with E-state index in [1.165, 1.54) is 5.56 Å². The summed E-state index contributed by atoms with van der Waals surface area (Å²) in [6, 6.07) is 10.0. The Morgan fingerprint density at radius 2 is 1.96 bits per heavy atom. The van der Waals surface area contributed by atoms with Gasteiger partial charge in [0.25, 0.3) is 0 Å². The molecule has 1 aliphatic heterocycles. The maximum atomic E-state index is 12.2. The number of carbonyl (C=O) groups is 2. The number of unbranched alkanes of at least 4 members (excludes halogenated alkanes) is 1. The summed E-state index contributed by atoms with van der Waals surface area (Å²) in [4.78, 5) is 25.6. The fourth-order valence-electron chi connectivity index (χ4n) is 3.50. The maximum absolute atomic E-state index is 12.2. The number of β-lactam (4-membered cyclic amide) rings is 1. The summed E-state index contributed by atoms with van der Waals surface area (Å²) >= 11 is 0. The molecule has 0 aromatic heterocycles. The first-order chi connectivity index (χ1) is 11.0. The molecule has 2 rings (SSSR count). The molecule has 0 unspecified atom stereocenters. The SMILES string of the molecule is C[C@@H]1C(=O)N(CCCc2ccccc2)[C@]1(CCCCN)C(=O)O. The number of likely N-dealkylation sites (tertiary alicyclic amines) is 1. The van der Waals surface area contributed by atoms with Gasteiger partial charge in [-0.2, -0.15) is 0 Å². The average molecular weight is 318 g/mol. The van der Waals surface area contributed by atoms with Gasteiger partial charge in [0.2, 0.25) is 5.91 Å². The summed E-state index contributed by atoms with van der Waals surface area (Å²) in [6.07, 6.45) is 3.62. The largest absolute Gasteiger partial charge is 0.479 e. The van der Waals surface area contributed by atoms with E-state index in [0.717, 1.165) is 25.7 Å². The molecule has 3 N–H and O–H groups in total. The second kappa shape index (κ2) is 7.59. The highest BCUT2D eigenvalue weighted by Gasteiger charge is 2.61. The van der Waals surface area contributed by atoms with Crippen molar-refractivity contribution in [2.45, 2.75) is 44.6 Å². The van der Waals surface area contributed by atoms with Crippen LogP contribution in [0, 0.1) is 5.92 Å². The van der Waals surface area contributed by atoms with Crippen molar-refractivity contribution in [2.75, 3.05) is 13.1 Å². The Bertz CT molecular complexity index is 546. The van der Waals surface area contributed by atoms with Gasteiger partial charge in [0, 0.05) is 6.54 Å². The molecule has 0 radical (unpaired) electrons. The van der Waals surface area contributed by atoms with E-state index in [1.54, 1.807) is 11.8 Å². The smallest absolute Gasteiger partial charge is 0.330 e. The van der Waals surface area contributed by atoms with Gasteiger partial charge in [0.1, 0.15) is 0 Å². The van der Waals surface area contributed by atoms with Gasteiger partial charge < -0.3 is 15.7 Å². The number of carboxylic acid groups (broad SMARTS) is 1. The van der Waals surface area contributed by atoms with E-state index in [9.17, 15) is 14.7 Å². The van der Waals surface area contributed by atoms with E-state index in [-0.39, 0.29) is 5.91 Å². The van der Waals surface area contributed by atoms with Gasteiger partial charge in [-0.25, -0.2) is 4.79 Å². The highest BCUT2D eigenvalue weighted by Crippen LogP contribution is 2.42. The van der Waals surface area contributed by atoms with Crippen molar-refractivity contribution in [3.63, 3.8) is 0 Å². The Morgan fingerprint density at radius 1 is 1.26 bits per heavy atom. The van der Waals surface area contributed by atoms with Gasteiger partial charge in [-0.05, 0) is 44.2 Å². The Labute approximate surface area is 137 Å². The van der Waals surface area contributed by atoms with Crippen LogP contribution in [0.5, 0.6) is 0 Å². The molecule has 0 saturated carbocycles. The number of carboxylic acids is 1. The zero-order chi connectivity index (χ0) is 16.9. The van der Waals surface area contributed by atoms with E-state index >= 15 is 0 Å². The van der Waals surface area contributed by atoms with Crippen LogP contribution in [0.4, 0.5) is 0 Å². The fraction of sp³-hybridized carbons (Fsp3) is 0.556. The molecule has 1 amide bonds. The first-order valence-corrected chi connectivity index (χ1v) is 8.33. The Hall–Kier alpha value is -1.88. The van der Waals surface area contributed by atoms with E-state index in [0.29, 0.717) is 19.5 Å². The van der Waals surface area contributed by atoms with Crippen LogP contribution in [-0.4, -0.2) is 40.5 Å². The number of benzene rings is 1. The molecule has 1 aromatic carbocycles. The number of aliphatic carboxylic acids is 1. The lowest BCUT2D eigenvalue weighted by Crippen LogP contribution is -2.73. The summed E-state index contributed by atoms with van der Waals surface area (Å²) in [7, 11) is 0. The summed E-state index contributed by atoms with van der Waals surface area (Å²) < 4.78 is 0. The first-order valence-electron chi connectivity index (χ1n) is 8.33. The lowest BCUT2D eigenvalue weighted by atomic mass is 9.70. The number of aryl methyl sites for hydroxylation is 1. The molecule has 0 spiro atoms. The average Bonchev–Trinajstić information content (AvgIpc) is 2.56. The van der Waals surface area contributed by atoms with Crippen LogP contribution < -0.4 is 5.73 Å². The molecular formula is C18H26N2O3. The molecule has 1 aliphatic rings. The third-order valence-electron chi connectivity index (χ3n) is 4.91. The highest BCUT2D eigenvalue weighted by molar-refractivity contribution is 6.00. The van der Waals surface area contributed by atoms with Crippen LogP contribution >= 0.6 is 0 Å². The van der Waals surface area contributed by atoms with E-state index in [2.05, 4.69) is 0 Å². The Kier molecular flexibility index (Phi) is 5.77. The van der Waals surface area contributed by atoms with Crippen molar-refractivity contribution in [3.05, 3.63) is 35.9 Å². The molecule has 2 atom stereocenters. The maximum Gasteiger partial charge on any atom is 0.330 e. The zero-order valence-electron chi connectivity index (χ0n) is 13.7. The van der Waals surface area contributed by atoms with Gasteiger partial charge in [0.15, 0.2) is 5.54 Å². The fourth-order valence-corrected chi connectivity index (χ4v) is 3.50. The third kappa shape index (κ3) is 3.39. The van der Waals surface area contributed by atoms with Crippen molar-refractivity contribution in [1.29, 1.82) is 0 Å². The number of hydrogen-bond acceptors (Lipinski definition) is 3. The van der Waals surface area contributed by atoms with Crippen LogP contribution in [-0.2, 0) is 16.0 Å². The molecule has 0 bridgehead atoms. The van der Waals surface area contributed by atoms with Crippen LogP contribution in [0.1, 0.15) is 38.2 Å². The van der Waals surface area contributed by atoms with Crippen molar-refractivity contribution in [2.24, 2.45) is 11.7 Å². The molecule has 126 valence electrons. The third-order valence-corrected chi connectivity index (χ3v) is 4.91. The molecule has 0 aliphatic carbocycles. The van der Waals surface area contributed by atoms with E-state index < -0.39 is 17.4 Å². The second-order valence-electron chi connectivity index (χ2n) is 6.28. The van der Waals surface area contributed by atoms with Crippen LogP contribution in [0.25, 0.3) is 0 Å². The first kappa shape index (κ1) is 17.5. The Balaban J connectivity index is 1.99. The van der Waals surface area contributed by atoms with Gasteiger partial charge in [0.05, 0.1) is 5.92 Å². The molecule has 5 heteroatoms. The number of amides is 1. The molecule has 23 heavy (non-hydrogen) atoms. The van der Waals surface area contributed by atoms with Gasteiger partial charge in [-0.15, -0.1) is 0 Å². The lowest BCUT2D eigenvalue weighted by molar-refractivity contribution is -0.188. The lowest BCUT2D eigenvalue weighted by Gasteiger charge is -2.54.